The summed E-state index contributed by atoms with van der Waals surface area (Å²) in [6, 6.07) is 0. The van der Waals surface area contributed by atoms with Gasteiger partial charge in [0.2, 0.25) is 0 Å². The van der Waals surface area contributed by atoms with Gasteiger partial charge in [0, 0.05) is 6.42 Å². The molecule has 0 aliphatic carbocycles. The Labute approximate surface area is 64.7 Å². The first-order chi connectivity index (χ1) is 4.50. The van der Waals surface area contributed by atoms with Crippen molar-refractivity contribution in [3.63, 3.8) is 0 Å². The van der Waals surface area contributed by atoms with Crippen molar-refractivity contribution < 1.29 is 18.3 Å². The van der Waals surface area contributed by atoms with Crippen LogP contribution in [0.1, 0.15) is 6.42 Å². The Hall–Kier alpha value is -0.0300. The van der Waals surface area contributed by atoms with Crippen LogP contribution < -0.4 is 0 Å². The smallest absolute Gasteiger partial charge is 0.327 e. The van der Waals surface area contributed by atoms with Crippen LogP contribution in [0.4, 0.5) is 8.78 Å². The molecule has 1 fully saturated rings. The van der Waals surface area contributed by atoms with Crippen LogP contribution in [0.5, 0.6) is 0 Å². The third-order valence-corrected chi connectivity index (χ3v) is 1.73. The number of ether oxygens (including phenoxy) is 1. The van der Waals surface area contributed by atoms with Gasteiger partial charge in [0.05, 0.1) is 0 Å². The molecule has 1 unspecified atom stereocenters. The summed E-state index contributed by atoms with van der Waals surface area (Å²) in [5.41, 5.74) is 0. The summed E-state index contributed by atoms with van der Waals surface area (Å²) in [5.74, 6) is -0.274. The highest BCUT2D eigenvalue weighted by Gasteiger charge is 2.42. The molecule has 58 valence electrons. The molecule has 1 atom stereocenters. The Bertz CT molecular complexity index is 154. The van der Waals surface area contributed by atoms with Crippen LogP contribution in [0.25, 0.3) is 0 Å². The Morgan fingerprint density at radius 3 is 2.50 bits per heavy atom. The number of rotatable bonds is 1. The van der Waals surface area contributed by atoms with E-state index in [2.05, 4.69) is 20.7 Å². The second kappa shape index (κ2) is 2.54. The van der Waals surface area contributed by atoms with Crippen LogP contribution in [-0.4, -0.2) is 23.3 Å². The highest BCUT2D eigenvalue weighted by molar-refractivity contribution is 9.10. The van der Waals surface area contributed by atoms with Crippen LogP contribution in [-0.2, 0) is 9.53 Å². The molecular weight excluding hydrogens is 210 g/mol. The molecule has 1 heterocycles. The van der Waals surface area contributed by atoms with Gasteiger partial charge in [0.1, 0.15) is 12.7 Å². The van der Waals surface area contributed by atoms with Crippen LogP contribution >= 0.6 is 15.9 Å². The van der Waals surface area contributed by atoms with Crippen molar-refractivity contribution in [2.24, 2.45) is 0 Å². The molecule has 2 nitrogen and oxygen atoms in total. The SMILES string of the molecule is O=C1COC(C(F)(F)Br)C1. The monoisotopic (exact) mass is 214 g/mol. The Balaban J connectivity index is 2.53. The number of hydrogen-bond acceptors (Lipinski definition) is 2. The molecule has 1 aliphatic heterocycles. The van der Waals surface area contributed by atoms with Gasteiger partial charge in [0.25, 0.3) is 0 Å². The highest BCUT2D eigenvalue weighted by Crippen LogP contribution is 2.32. The van der Waals surface area contributed by atoms with Crippen LogP contribution in [0, 0.1) is 0 Å². The number of hydrogen-bond donors (Lipinski definition) is 0. The van der Waals surface area contributed by atoms with Gasteiger partial charge in [-0.1, -0.05) is 0 Å². The zero-order chi connectivity index (χ0) is 7.78. The molecule has 0 bridgehead atoms. The fourth-order valence-corrected chi connectivity index (χ4v) is 1.02. The lowest BCUT2D eigenvalue weighted by atomic mass is 10.2. The first-order valence-electron chi connectivity index (χ1n) is 2.70. The van der Waals surface area contributed by atoms with Gasteiger partial charge in [0.15, 0.2) is 5.78 Å². The van der Waals surface area contributed by atoms with Crippen LogP contribution in [0.3, 0.4) is 0 Å². The van der Waals surface area contributed by atoms with Gasteiger partial charge in [-0.05, 0) is 15.9 Å². The first kappa shape index (κ1) is 8.07. The molecule has 10 heavy (non-hydrogen) atoms. The van der Waals surface area contributed by atoms with Crippen LogP contribution in [0.2, 0.25) is 0 Å². The average molecular weight is 215 g/mol. The maximum Gasteiger partial charge on any atom is 0.327 e. The predicted octanol–water partition coefficient (Wildman–Crippen LogP) is 1.33. The fraction of sp³-hybridized carbons (Fsp3) is 0.800. The summed E-state index contributed by atoms with van der Waals surface area (Å²) >= 11 is 2.12. The molecule has 0 N–H and O–H groups in total. The lowest BCUT2D eigenvalue weighted by molar-refractivity contribution is -0.117. The van der Waals surface area contributed by atoms with E-state index in [-0.39, 0.29) is 18.8 Å². The number of Topliss-reactive ketones (excluding diaryl/α,β-unsaturated/α-hetero) is 1. The Morgan fingerprint density at radius 1 is 1.70 bits per heavy atom. The van der Waals surface area contributed by atoms with Gasteiger partial charge in [-0.15, -0.1) is 0 Å². The van der Waals surface area contributed by atoms with Crippen molar-refractivity contribution in [2.45, 2.75) is 17.4 Å². The number of ketones is 1. The second-order valence-corrected chi connectivity index (χ2v) is 3.14. The van der Waals surface area contributed by atoms with Crippen molar-refractivity contribution >= 4 is 21.7 Å². The molecule has 0 spiro atoms. The second-order valence-electron chi connectivity index (χ2n) is 2.08. The van der Waals surface area contributed by atoms with E-state index in [1.807, 2.05) is 0 Å². The van der Waals surface area contributed by atoms with Crippen LogP contribution in [0.15, 0.2) is 0 Å². The van der Waals surface area contributed by atoms with E-state index < -0.39 is 10.9 Å². The largest absolute Gasteiger partial charge is 0.363 e. The number of carbonyl (C=O) groups excluding carboxylic acids is 1. The summed E-state index contributed by atoms with van der Waals surface area (Å²) in [5, 5.41) is 0. The Kier molecular flexibility index (Phi) is 2.05. The van der Waals surface area contributed by atoms with Gasteiger partial charge < -0.3 is 4.74 Å². The van der Waals surface area contributed by atoms with Crippen molar-refractivity contribution in [1.82, 2.24) is 0 Å². The molecule has 0 aromatic heterocycles. The van der Waals surface area contributed by atoms with E-state index in [1.54, 1.807) is 0 Å². The van der Waals surface area contributed by atoms with Gasteiger partial charge in [-0.2, -0.15) is 8.78 Å². The molecule has 1 rings (SSSR count). The predicted molar refractivity (Wildman–Crippen MR) is 33.2 cm³/mol. The van der Waals surface area contributed by atoms with Gasteiger partial charge >= 0.3 is 4.83 Å². The normalized spacial score (nSPS) is 27.5. The van der Waals surface area contributed by atoms with E-state index in [0.29, 0.717) is 0 Å². The minimum absolute atomic E-state index is 0.189. The topological polar surface area (TPSA) is 26.3 Å². The number of halogens is 3. The van der Waals surface area contributed by atoms with E-state index in [0.717, 1.165) is 0 Å². The van der Waals surface area contributed by atoms with E-state index in [1.165, 1.54) is 0 Å². The molecule has 1 saturated heterocycles. The van der Waals surface area contributed by atoms with Gasteiger partial charge in [-0.3, -0.25) is 4.79 Å². The minimum Gasteiger partial charge on any atom is -0.363 e. The molecule has 0 aromatic rings. The van der Waals surface area contributed by atoms with E-state index >= 15 is 0 Å². The molecule has 0 aromatic carbocycles. The summed E-state index contributed by atoms with van der Waals surface area (Å²) in [4.78, 5) is 7.35. The van der Waals surface area contributed by atoms with Crippen molar-refractivity contribution in [3.05, 3.63) is 0 Å². The molecule has 5 heteroatoms. The minimum atomic E-state index is -3.07. The highest BCUT2D eigenvalue weighted by atomic mass is 79.9. The Morgan fingerprint density at radius 2 is 2.30 bits per heavy atom. The fourth-order valence-electron chi connectivity index (χ4n) is 0.728. The summed E-state index contributed by atoms with van der Waals surface area (Å²) in [6.07, 6.45) is -1.47. The lowest BCUT2D eigenvalue weighted by Crippen LogP contribution is -2.25. The first-order valence-corrected chi connectivity index (χ1v) is 3.49. The molecule has 0 radical (unpaired) electrons. The molecule has 0 amide bonds. The number of alkyl halides is 3. The van der Waals surface area contributed by atoms with Crippen molar-refractivity contribution in [1.29, 1.82) is 0 Å². The van der Waals surface area contributed by atoms with E-state index in [4.69, 9.17) is 0 Å². The quantitative estimate of drug-likeness (QED) is 0.616. The zero-order valence-electron chi connectivity index (χ0n) is 4.94. The summed E-state index contributed by atoms with van der Waals surface area (Å²) < 4.78 is 29.0. The van der Waals surface area contributed by atoms with Crippen molar-refractivity contribution in [3.8, 4) is 0 Å². The van der Waals surface area contributed by atoms with E-state index in [9.17, 15) is 13.6 Å². The summed E-state index contributed by atoms with van der Waals surface area (Å²) in [6.45, 7) is -0.189. The standard InChI is InChI=1S/C5H5BrF2O2/c6-5(7,8)4-1-3(9)2-10-4/h4H,1-2H2. The van der Waals surface area contributed by atoms with Gasteiger partial charge in [-0.25, -0.2) is 0 Å². The molecule has 1 aliphatic rings. The summed E-state index contributed by atoms with van der Waals surface area (Å²) in [7, 11) is 0. The number of carbonyl (C=O) groups is 1. The third kappa shape index (κ3) is 1.73. The van der Waals surface area contributed by atoms with Crippen molar-refractivity contribution in [2.75, 3.05) is 6.61 Å². The lowest BCUT2D eigenvalue weighted by Gasteiger charge is -2.13. The maximum atomic E-state index is 12.2. The maximum absolute atomic E-state index is 12.2. The molecule has 0 saturated carbocycles. The third-order valence-electron chi connectivity index (χ3n) is 1.22. The zero-order valence-corrected chi connectivity index (χ0v) is 6.53. The molecular formula is C5H5BrF2O2. The average Bonchev–Trinajstić information content (AvgIpc) is 2.11.